The molecule has 0 fully saturated rings. The van der Waals surface area contributed by atoms with Gasteiger partial charge in [-0.2, -0.15) is 0 Å². The fourth-order valence-corrected chi connectivity index (χ4v) is 1.14. The maximum atomic E-state index is 11.7. The van der Waals surface area contributed by atoms with E-state index in [2.05, 4.69) is 5.32 Å². The minimum Gasteiger partial charge on any atom is -0.481 e. The summed E-state index contributed by atoms with van der Waals surface area (Å²) in [6.07, 6.45) is -0.785. The molecule has 1 amide bonds. The standard InChI is InChI=1S/C13H23NO6/c1-12(2,3)19-10(17)8(9(15)16)7-14-11(18)20-13(4,5)6/h8H,7H2,1-6H3,(H,14,18)(H,15,16). The van der Waals surface area contributed by atoms with Gasteiger partial charge in [-0.15, -0.1) is 0 Å². The lowest BCUT2D eigenvalue weighted by atomic mass is 10.1. The van der Waals surface area contributed by atoms with Crippen LogP contribution in [0.2, 0.25) is 0 Å². The average Bonchev–Trinajstić information content (AvgIpc) is 2.10. The largest absolute Gasteiger partial charge is 0.481 e. The zero-order chi connectivity index (χ0) is 16.1. The molecule has 1 unspecified atom stereocenters. The predicted molar refractivity (Wildman–Crippen MR) is 71.2 cm³/mol. The average molecular weight is 289 g/mol. The maximum Gasteiger partial charge on any atom is 0.407 e. The van der Waals surface area contributed by atoms with Crippen LogP contribution in [-0.2, 0) is 19.1 Å². The van der Waals surface area contributed by atoms with Gasteiger partial charge in [-0.1, -0.05) is 0 Å². The van der Waals surface area contributed by atoms with Gasteiger partial charge in [0.05, 0.1) is 0 Å². The maximum absolute atomic E-state index is 11.7. The number of hydrogen-bond donors (Lipinski definition) is 2. The molecule has 1 atom stereocenters. The van der Waals surface area contributed by atoms with Gasteiger partial charge in [0.2, 0.25) is 0 Å². The SMILES string of the molecule is CC(C)(C)OC(=O)NCC(C(=O)O)C(=O)OC(C)(C)C. The number of carboxylic acid groups (broad SMARTS) is 1. The van der Waals surface area contributed by atoms with Crippen LogP contribution >= 0.6 is 0 Å². The number of amides is 1. The Labute approximate surface area is 118 Å². The van der Waals surface area contributed by atoms with Crippen molar-refractivity contribution in [2.24, 2.45) is 5.92 Å². The van der Waals surface area contributed by atoms with Crippen molar-refractivity contribution in [3.8, 4) is 0 Å². The Kier molecular flexibility index (Phi) is 5.99. The van der Waals surface area contributed by atoms with Gasteiger partial charge in [0.25, 0.3) is 0 Å². The number of hydrogen-bond acceptors (Lipinski definition) is 5. The lowest BCUT2D eigenvalue weighted by Gasteiger charge is -2.23. The Bertz CT molecular complexity index is 377. The Morgan fingerprint density at radius 2 is 1.45 bits per heavy atom. The van der Waals surface area contributed by atoms with E-state index in [1.54, 1.807) is 41.5 Å². The van der Waals surface area contributed by atoms with Crippen LogP contribution in [0.1, 0.15) is 41.5 Å². The molecule has 0 aliphatic rings. The first-order chi connectivity index (χ1) is 8.82. The van der Waals surface area contributed by atoms with E-state index in [-0.39, 0.29) is 6.54 Å². The highest BCUT2D eigenvalue weighted by molar-refractivity contribution is 5.94. The van der Waals surface area contributed by atoms with Gasteiger partial charge in [0, 0.05) is 6.54 Å². The van der Waals surface area contributed by atoms with Crippen molar-refractivity contribution in [1.82, 2.24) is 5.32 Å². The molecule has 0 rings (SSSR count). The highest BCUT2D eigenvalue weighted by Gasteiger charge is 2.32. The van der Waals surface area contributed by atoms with Crippen molar-refractivity contribution in [3.05, 3.63) is 0 Å². The lowest BCUT2D eigenvalue weighted by molar-refractivity contribution is -0.166. The van der Waals surface area contributed by atoms with E-state index in [1.165, 1.54) is 0 Å². The van der Waals surface area contributed by atoms with Gasteiger partial charge in [-0.25, -0.2) is 4.79 Å². The molecule has 20 heavy (non-hydrogen) atoms. The highest BCUT2D eigenvalue weighted by atomic mass is 16.6. The van der Waals surface area contributed by atoms with E-state index >= 15 is 0 Å². The number of carbonyl (C=O) groups excluding carboxylic acids is 2. The molecule has 0 aromatic rings. The van der Waals surface area contributed by atoms with Crippen LogP contribution in [0, 0.1) is 5.92 Å². The van der Waals surface area contributed by atoms with Crippen molar-refractivity contribution in [1.29, 1.82) is 0 Å². The molecule has 7 heteroatoms. The number of rotatable bonds is 4. The van der Waals surface area contributed by atoms with E-state index < -0.39 is 35.2 Å². The molecule has 0 heterocycles. The van der Waals surface area contributed by atoms with E-state index in [9.17, 15) is 14.4 Å². The van der Waals surface area contributed by atoms with Crippen molar-refractivity contribution in [2.45, 2.75) is 52.7 Å². The number of carboxylic acids is 1. The fourth-order valence-electron chi connectivity index (χ4n) is 1.14. The summed E-state index contributed by atoms with van der Waals surface area (Å²) in [4.78, 5) is 34.1. The summed E-state index contributed by atoms with van der Waals surface area (Å²) in [7, 11) is 0. The zero-order valence-corrected chi connectivity index (χ0v) is 12.8. The Balaban J connectivity index is 4.54. The molecule has 116 valence electrons. The van der Waals surface area contributed by atoms with E-state index in [1.807, 2.05) is 0 Å². The monoisotopic (exact) mass is 289 g/mol. The van der Waals surface area contributed by atoms with Gasteiger partial charge in [-0.3, -0.25) is 9.59 Å². The minimum atomic E-state index is -1.47. The number of alkyl carbamates (subject to hydrolysis) is 1. The summed E-state index contributed by atoms with van der Waals surface area (Å²) in [5.41, 5.74) is -1.49. The van der Waals surface area contributed by atoms with Gasteiger partial charge >= 0.3 is 18.0 Å². The van der Waals surface area contributed by atoms with Crippen LogP contribution in [0.25, 0.3) is 0 Å². The first-order valence-corrected chi connectivity index (χ1v) is 6.24. The molecule has 0 radical (unpaired) electrons. The molecular weight excluding hydrogens is 266 g/mol. The third kappa shape index (κ3) is 8.34. The van der Waals surface area contributed by atoms with Crippen molar-refractivity contribution in [3.63, 3.8) is 0 Å². The first kappa shape index (κ1) is 18.2. The number of nitrogens with one attached hydrogen (secondary N) is 1. The van der Waals surface area contributed by atoms with Crippen molar-refractivity contribution >= 4 is 18.0 Å². The third-order valence-electron chi connectivity index (χ3n) is 1.84. The van der Waals surface area contributed by atoms with Crippen LogP contribution < -0.4 is 5.32 Å². The molecule has 0 spiro atoms. The topological polar surface area (TPSA) is 102 Å². The summed E-state index contributed by atoms with van der Waals surface area (Å²) in [6, 6.07) is 0. The molecule has 0 aliphatic heterocycles. The van der Waals surface area contributed by atoms with Crippen LogP contribution in [-0.4, -0.2) is 40.9 Å². The van der Waals surface area contributed by atoms with E-state index in [0.717, 1.165) is 0 Å². The van der Waals surface area contributed by atoms with Crippen LogP contribution in [0.15, 0.2) is 0 Å². The van der Waals surface area contributed by atoms with Crippen molar-refractivity contribution < 1.29 is 29.0 Å². The number of ether oxygens (including phenoxy) is 2. The number of carbonyl (C=O) groups is 3. The van der Waals surface area contributed by atoms with E-state index in [4.69, 9.17) is 14.6 Å². The van der Waals surface area contributed by atoms with Crippen LogP contribution in [0.4, 0.5) is 4.79 Å². The number of esters is 1. The quantitative estimate of drug-likeness (QED) is 0.601. The summed E-state index contributed by atoms with van der Waals surface area (Å²) in [6.45, 7) is 9.53. The molecular formula is C13H23NO6. The molecule has 0 saturated heterocycles. The Morgan fingerprint density at radius 3 is 1.80 bits per heavy atom. The summed E-state index contributed by atoms with van der Waals surface area (Å²) in [5, 5.41) is 11.2. The molecule has 0 aromatic carbocycles. The lowest BCUT2D eigenvalue weighted by Crippen LogP contribution is -2.42. The van der Waals surface area contributed by atoms with Gasteiger partial charge < -0.3 is 19.9 Å². The normalized spacial score (nSPS) is 13.3. The fraction of sp³-hybridized carbons (Fsp3) is 0.769. The predicted octanol–water partition coefficient (Wildman–Crippen LogP) is 1.55. The second kappa shape index (κ2) is 6.58. The second-order valence-electron chi connectivity index (χ2n) is 6.31. The number of aliphatic carboxylic acids is 1. The summed E-state index contributed by atoms with van der Waals surface area (Å²) >= 11 is 0. The Hall–Kier alpha value is -1.79. The van der Waals surface area contributed by atoms with Gasteiger partial charge in [0.1, 0.15) is 11.2 Å². The molecule has 0 aliphatic carbocycles. The highest BCUT2D eigenvalue weighted by Crippen LogP contribution is 2.12. The molecule has 0 aromatic heterocycles. The minimum absolute atomic E-state index is 0.390. The smallest absolute Gasteiger partial charge is 0.407 e. The second-order valence-corrected chi connectivity index (χ2v) is 6.31. The first-order valence-electron chi connectivity index (χ1n) is 6.24. The van der Waals surface area contributed by atoms with Gasteiger partial charge in [0.15, 0.2) is 5.92 Å². The zero-order valence-electron chi connectivity index (χ0n) is 12.8. The van der Waals surface area contributed by atoms with Gasteiger partial charge in [-0.05, 0) is 41.5 Å². The summed E-state index contributed by atoms with van der Waals surface area (Å²) in [5.74, 6) is -3.74. The van der Waals surface area contributed by atoms with E-state index in [0.29, 0.717) is 0 Å². The molecule has 0 saturated carbocycles. The molecule has 7 nitrogen and oxygen atoms in total. The third-order valence-corrected chi connectivity index (χ3v) is 1.84. The summed E-state index contributed by atoms with van der Waals surface area (Å²) < 4.78 is 9.94. The van der Waals surface area contributed by atoms with Crippen LogP contribution in [0.5, 0.6) is 0 Å². The molecule has 0 bridgehead atoms. The van der Waals surface area contributed by atoms with Crippen LogP contribution in [0.3, 0.4) is 0 Å². The Morgan fingerprint density at radius 1 is 1.00 bits per heavy atom. The van der Waals surface area contributed by atoms with Crippen molar-refractivity contribution in [2.75, 3.05) is 6.54 Å². The molecule has 2 N–H and O–H groups in total.